The van der Waals surface area contributed by atoms with E-state index in [0.29, 0.717) is 24.5 Å². The van der Waals surface area contributed by atoms with Crippen LogP contribution in [0.3, 0.4) is 0 Å². The summed E-state index contributed by atoms with van der Waals surface area (Å²) in [5.41, 5.74) is 5.69. The van der Waals surface area contributed by atoms with E-state index in [9.17, 15) is 0 Å². The standard InChI is InChI=1S/C18H16N2O2.BH4N/c1-20-16-6-10-18(11-7-16)22-13-3-2-12-21-17-8-4-15(14-19)5-9-17;1-2/h4-11H,2-3,12-13H2;1-2H2/i;1D2. The highest BCUT2D eigenvalue weighted by Gasteiger charge is 1.97. The highest BCUT2D eigenvalue weighted by atomic mass is 16.5. The molecular weight excluding hydrogens is 301 g/mol. The summed E-state index contributed by atoms with van der Waals surface area (Å²) in [5, 5.41) is 8.71. The minimum absolute atomic E-state index is 0.614. The topological polar surface area (TPSA) is 72.6 Å². The average molecular weight is 323 g/mol. The third kappa shape index (κ3) is 6.87. The van der Waals surface area contributed by atoms with Gasteiger partial charge in [0.05, 0.1) is 31.4 Å². The summed E-state index contributed by atoms with van der Waals surface area (Å²) < 4.78 is 23.2. The summed E-state index contributed by atoms with van der Waals surface area (Å²) in [6.45, 7) is 8.11. The maximum atomic E-state index is 8.71. The van der Waals surface area contributed by atoms with E-state index in [1.54, 1.807) is 48.5 Å². The fourth-order valence-electron chi connectivity index (χ4n) is 1.83. The second-order valence-corrected chi connectivity index (χ2v) is 4.65. The Morgan fingerprint density at radius 2 is 1.50 bits per heavy atom. The molecule has 0 atom stereocenters. The van der Waals surface area contributed by atoms with E-state index in [1.807, 2.05) is 0 Å². The number of ether oxygens (including phenoxy) is 2. The van der Waals surface area contributed by atoms with Crippen molar-refractivity contribution >= 4 is 13.6 Å². The number of nitrogens with two attached hydrogens (primary N) is 1. The number of rotatable bonds is 7. The highest BCUT2D eigenvalue weighted by Crippen LogP contribution is 2.18. The Balaban J connectivity index is 0.000000765. The van der Waals surface area contributed by atoms with Gasteiger partial charge in [-0.3, -0.25) is 0 Å². The predicted octanol–water partition coefficient (Wildman–Crippen LogP) is 2.84. The van der Waals surface area contributed by atoms with Gasteiger partial charge in [0.15, 0.2) is 13.6 Å². The zero-order chi connectivity index (χ0) is 19.2. The van der Waals surface area contributed by atoms with Crippen molar-refractivity contribution in [3.8, 4) is 17.6 Å². The van der Waals surface area contributed by atoms with Gasteiger partial charge in [0.1, 0.15) is 11.5 Å². The van der Waals surface area contributed by atoms with E-state index >= 15 is 0 Å². The summed E-state index contributed by atoms with van der Waals surface area (Å²) >= 11 is 0. The summed E-state index contributed by atoms with van der Waals surface area (Å²) in [7, 11) is -1.17. The molecule has 122 valence electrons. The lowest BCUT2D eigenvalue weighted by Gasteiger charge is -2.08. The quantitative estimate of drug-likeness (QED) is 0.483. The third-order valence-electron chi connectivity index (χ3n) is 3.03. The Morgan fingerprint density at radius 1 is 1.04 bits per heavy atom. The molecule has 0 saturated heterocycles. The zero-order valence-electron chi connectivity index (χ0n) is 15.3. The summed E-state index contributed by atoms with van der Waals surface area (Å²) in [6, 6.07) is 16.3. The second-order valence-electron chi connectivity index (χ2n) is 4.65. The molecule has 2 aromatic rings. The Labute approximate surface area is 146 Å². The van der Waals surface area contributed by atoms with Crippen molar-refractivity contribution in [3.63, 3.8) is 0 Å². The maximum Gasteiger partial charge on any atom is 0.187 e. The van der Waals surface area contributed by atoms with Gasteiger partial charge < -0.3 is 15.1 Å². The summed E-state index contributed by atoms with van der Waals surface area (Å²) in [5.74, 6) is 1.55. The molecule has 2 rings (SSSR count). The van der Waals surface area contributed by atoms with Crippen molar-refractivity contribution in [1.82, 2.24) is 0 Å². The van der Waals surface area contributed by atoms with Crippen LogP contribution < -0.4 is 15.1 Å². The molecule has 5 nitrogen and oxygen atoms in total. The normalized spacial score (nSPS) is 9.96. The van der Waals surface area contributed by atoms with Crippen molar-refractivity contribution < 1.29 is 9.47 Å². The van der Waals surface area contributed by atoms with Gasteiger partial charge in [0, 0.05) is 0 Å². The van der Waals surface area contributed by atoms with Crippen LogP contribution >= 0.6 is 0 Å². The second kappa shape index (κ2) is 11.6. The molecule has 0 aliphatic rings. The van der Waals surface area contributed by atoms with E-state index in [2.05, 4.69) is 16.6 Å². The summed E-state index contributed by atoms with van der Waals surface area (Å²) in [4.78, 5) is 3.33. The molecule has 0 heterocycles. The molecule has 0 unspecified atom stereocenters. The van der Waals surface area contributed by atoms with Crippen LogP contribution in [0, 0.1) is 17.9 Å². The number of hydrogen-bond donors (Lipinski definition) is 1. The van der Waals surface area contributed by atoms with Gasteiger partial charge >= 0.3 is 0 Å². The molecule has 0 fully saturated rings. The van der Waals surface area contributed by atoms with E-state index in [0.717, 1.165) is 24.3 Å². The van der Waals surface area contributed by atoms with E-state index in [1.165, 1.54) is 0 Å². The SMILES string of the molecule is [2H]B([2H])N.[C-]#[N+]c1ccc(OCCCCOc2ccc(C#N)cc2)cc1. The van der Waals surface area contributed by atoms with Crippen LogP contribution in [-0.2, 0) is 0 Å². The highest BCUT2D eigenvalue weighted by molar-refractivity contribution is 6.02. The fourth-order valence-corrected chi connectivity index (χ4v) is 1.83. The van der Waals surface area contributed by atoms with Crippen molar-refractivity contribution in [2.75, 3.05) is 13.2 Å². The van der Waals surface area contributed by atoms with Gasteiger partial charge in [-0.25, -0.2) is 4.85 Å². The first kappa shape index (κ1) is 15.9. The van der Waals surface area contributed by atoms with Crippen molar-refractivity contribution in [3.05, 3.63) is 65.5 Å². The molecule has 2 N–H and O–H groups in total. The Kier molecular flexibility index (Phi) is 7.69. The van der Waals surface area contributed by atoms with Crippen LogP contribution in [0.2, 0.25) is 0 Å². The number of nitriles is 1. The van der Waals surface area contributed by atoms with Crippen molar-refractivity contribution in [1.29, 1.82) is 7.93 Å². The van der Waals surface area contributed by atoms with Gasteiger partial charge in [-0.1, -0.05) is 12.1 Å². The fraction of sp³-hybridized carbons (Fsp3) is 0.222. The predicted molar refractivity (Wildman–Crippen MR) is 96.8 cm³/mol. The molecule has 0 bridgehead atoms. The number of benzene rings is 2. The molecule has 24 heavy (non-hydrogen) atoms. The molecule has 0 radical (unpaired) electrons. The molecule has 0 saturated carbocycles. The minimum Gasteiger partial charge on any atom is -0.494 e. The van der Waals surface area contributed by atoms with Gasteiger partial charge in [-0.05, 0) is 51.9 Å². The molecule has 2 aromatic carbocycles. The lowest BCUT2D eigenvalue weighted by molar-refractivity contribution is 0.266. The van der Waals surface area contributed by atoms with E-state index < -0.39 is 7.91 Å². The molecule has 0 aromatic heterocycles. The smallest absolute Gasteiger partial charge is 0.187 e. The molecule has 0 spiro atoms. The lowest BCUT2D eigenvalue weighted by Crippen LogP contribution is -2.02. The first-order chi connectivity index (χ1) is 12.5. The lowest BCUT2D eigenvalue weighted by atomic mass is 10.2. The minimum atomic E-state index is -1.17. The first-order valence-corrected chi connectivity index (χ1v) is 7.38. The van der Waals surface area contributed by atoms with Crippen LogP contribution in [0.1, 0.15) is 18.4 Å². The van der Waals surface area contributed by atoms with Crippen LogP contribution in [-0.4, -0.2) is 23.8 Å². The monoisotopic (exact) mass is 323 g/mol. The zero-order valence-corrected chi connectivity index (χ0v) is 13.3. The molecule has 6 heteroatoms. The van der Waals surface area contributed by atoms with Gasteiger partial charge in [-0.15, -0.1) is 0 Å². The largest absolute Gasteiger partial charge is 0.494 e. The molecular formula is C18H20BN3O2. The average Bonchev–Trinajstić information content (AvgIpc) is 2.65. The van der Waals surface area contributed by atoms with Crippen LogP contribution in [0.15, 0.2) is 48.5 Å². The molecule has 0 aliphatic heterocycles. The Morgan fingerprint density at radius 3 is 1.92 bits per heavy atom. The summed E-state index contributed by atoms with van der Waals surface area (Å²) in [6.07, 6.45) is 1.78. The van der Waals surface area contributed by atoms with Gasteiger partial charge in [0.25, 0.3) is 0 Å². The van der Waals surface area contributed by atoms with Crippen molar-refractivity contribution in [2.45, 2.75) is 12.8 Å². The Bertz CT molecular complexity index is 662. The van der Waals surface area contributed by atoms with Crippen LogP contribution in [0.4, 0.5) is 5.69 Å². The Hall–Kier alpha value is -2.96. The third-order valence-corrected chi connectivity index (χ3v) is 3.03. The van der Waals surface area contributed by atoms with E-state index in [-0.39, 0.29) is 0 Å². The number of hydrogen-bond acceptors (Lipinski definition) is 4. The molecule has 0 amide bonds. The maximum absolute atomic E-state index is 8.71. The number of unbranched alkanes of at least 4 members (excludes halogenated alkanes) is 1. The first-order valence-electron chi connectivity index (χ1n) is 8.54. The van der Waals surface area contributed by atoms with Crippen LogP contribution in [0.5, 0.6) is 11.5 Å². The van der Waals surface area contributed by atoms with Gasteiger partial charge in [0.2, 0.25) is 0 Å². The number of nitrogens with zero attached hydrogens (tertiary/aromatic N) is 2. The van der Waals surface area contributed by atoms with E-state index in [4.69, 9.17) is 24.0 Å². The van der Waals surface area contributed by atoms with Crippen LogP contribution in [0.25, 0.3) is 4.85 Å². The van der Waals surface area contributed by atoms with Crippen molar-refractivity contribution in [2.24, 2.45) is 5.64 Å². The van der Waals surface area contributed by atoms with Gasteiger partial charge in [-0.2, -0.15) is 5.26 Å². The molecule has 0 aliphatic carbocycles.